The Morgan fingerprint density at radius 1 is 0.400 bits per heavy atom. The number of rotatable bonds is 3. The fraction of sp³-hybridized carbons (Fsp3) is 0. The minimum Gasteiger partial charge on any atom is -0.264 e. The van der Waals surface area contributed by atoms with E-state index in [1.807, 2.05) is 42.7 Å². The van der Waals surface area contributed by atoms with Crippen LogP contribution in [-0.4, -0.2) is 19.9 Å². The summed E-state index contributed by atoms with van der Waals surface area (Å²) in [6, 6.07) is 42.0. The summed E-state index contributed by atoms with van der Waals surface area (Å²) < 4.78 is 0. The van der Waals surface area contributed by atoms with Crippen LogP contribution in [0, 0.1) is 0 Å². The van der Waals surface area contributed by atoms with Crippen molar-refractivity contribution in [3.63, 3.8) is 0 Å². The molecule has 40 heavy (non-hydrogen) atoms. The van der Waals surface area contributed by atoms with E-state index < -0.39 is 0 Å². The number of nitrogens with zero attached hydrogens (tertiary/aromatic N) is 4. The molecule has 4 heteroatoms. The first kappa shape index (κ1) is 22.5. The minimum atomic E-state index is 0.630. The lowest BCUT2D eigenvalue weighted by molar-refractivity contribution is 1.08. The van der Waals surface area contributed by atoms with Gasteiger partial charge < -0.3 is 0 Å². The van der Waals surface area contributed by atoms with Gasteiger partial charge in [0, 0.05) is 34.5 Å². The molecule has 0 aliphatic rings. The molecular weight excluding hydrogens is 488 g/mol. The standard InChI is InChI=1S/C36H22N4/c1-2-10-25(11-3-1)34-38-35(28-17-14-23-8-4-5-12-26(23)20-28)40-36(39-34)31-21-27-16-15-24-9-6-7-13-29(24)33(27)30-18-19-37-22-32(30)31/h1-22H. The van der Waals surface area contributed by atoms with E-state index in [1.54, 1.807) is 0 Å². The number of pyridine rings is 1. The van der Waals surface area contributed by atoms with E-state index in [0.717, 1.165) is 38.2 Å². The summed E-state index contributed by atoms with van der Waals surface area (Å²) in [6.45, 7) is 0. The normalized spacial score (nSPS) is 11.5. The molecule has 0 fully saturated rings. The molecule has 0 N–H and O–H groups in total. The van der Waals surface area contributed by atoms with E-state index in [2.05, 4.69) is 96.0 Å². The molecule has 0 unspecified atom stereocenters. The Hall–Kier alpha value is -5.48. The van der Waals surface area contributed by atoms with Crippen molar-refractivity contribution in [2.24, 2.45) is 0 Å². The number of hydrogen-bond acceptors (Lipinski definition) is 4. The van der Waals surface area contributed by atoms with Crippen LogP contribution in [0.1, 0.15) is 0 Å². The molecule has 8 rings (SSSR count). The van der Waals surface area contributed by atoms with Crippen LogP contribution in [0.4, 0.5) is 0 Å². The Balaban J connectivity index is 1.43. The minimum absolute atomic E-state index is 0.630. The molecule has 2 heterocycles. The van der Waals surface area contributed by atoms with Crippen LogP contribution >= 0.6 is 0 Å². The highest BCUT2D eigenvalue weighted by molar-refractivity contribution is 6.22. The number of fused-ring (bicyclic) bond motifs is 6. The summed E-state index contributed by atoms with van der Waals surface area (Å²) >= 11 is 0. The average molecular weight is 511 g/mol. The average Bonchev–Trinajstić information content (AvgIpc) is 3.04. The molecule has 8 aromatic rings. The lowest BCUT2D eigenvalue weighted by Crippen LogP contribution is -2.01. The van der Waals surface area contributed by atoms with Crippen LogP contribution in [0.2, 0.25) is 0 Å². The van der Waals surface area contributed by atoms with E-state index >= 15 is 0 Å². The number of aromatic nitrogens is 4. The summed E-state index contributed by atoms with van der Waals surface area (Å²) in [7, 11) is 0. The summed E-state index contributed by atoms with van der Waals surface area (Å²) in [5.41, 5.74) is 2.84. The van der Waals surface area contributed by atoms with Crippen LogP contribution in [0.15, 0.2) is 134 Å². The molecular formula is C36H22N4. The van der Waals surface area contributed by atoms with Crippen molar-refractivity contribution in [1.29, 1.82) is 0 Å². The molecule has 186 valence electrons. The zero-order chi connectivity index (χ0) is 26.5. The second-order valence-electron chi connectivity index (χ2n) is 9.96. The predicted molar refractivity (Wildman–Crippen MR) is 164 cm³/mol. The molecule has 0 spiro atoms. The molecule has 0 amide bonds. The van der Waals surface area contributed by atoms with E-state index in [9.17, 15) is 0 Å². The lowest BCUT2D eigenvalue weighted by atomic mass is 9.94. The molecule has 2 aromatic heterocycles. The largest absolute Gasteiger partial charge is 0.264 e. The van der Waals surface area contributed by atoms with Crippen molar-refractivity contribution >= 4 is 43.1 Å². The van der Waals surface area contributed by atoms with E-state index in [-0.39, 0.29) is 0 Å². The van der Waals surface area contributed by atoms with Gasteiger partial charge in [-0.25, -0.2) is 15.0 Å². The molecule has 0 radical (unpaired) electrons. The van der Waals surface area contributed by atoms with Gasteiger partial charge in [-0.2, -0.15) is 0 Å². The fourth-order valence-corrected chi connectivity index (χ4v) is 5.62. The summed E-state index contributed by atoms with van der Waals surface area (Å²) in [6.07, 6.45) is 3.78. The first-order chi connectivity index (χ1) is 19.8. The van der Waals surface area contributed by atoms with Crippen molar-refractivity contribution in [2.75, 3.05) is 0 Å². The molecule has 6 aromatic carbocycles. The monoisotopic (exact) mass is 510 g/mol. The van der Waals surface area contributed by atoms with Crippen LogP contribution in [0.25, 0.3) is 77.3 Å². The molecule has 0 aliphatic carbocycles. The lowest BCUT2D eigenvalue weighted by Gasteiger charge is -2.13. The van der Waals surface area contributed by atoms with Gasteiger partial charge in [0.05, 0.1) is 0 Å². The summed E-state index contributed by atoms with van der Waals surface area (Å²) in [4.78, 5) is 19.6. The Kier molecular flexibility index (Phi) is 5.10. The van der Waals surface area contributed by atoms with Gasteiger partial charge >= 0.3 is 0 Å². The molecule has 0 aliphatic heterocycles. The molecule has 0 saturated heterocycles. The smallest absolute Gasteiger partial charge is 0.164 e. The Morgan fingerprint density at radius 2 is 1.07 bits per heavy atom. The van der Waals surface area contributed by atoms with Crippen molar-refractivity contribution < 1.29 is 0 Å². The molecule has 0 bridgehead atoms. The van der Waals surface area contributed by atoms with Crippen LogP contribution in [0.3, 0.4) is 0 Å². The highest BCUT2D eigenvalue weighted by atomic mass is 15.0. The second-order valence-corrected chi connectivity index (χ2v) is 9.96. The second kappa shape index (κ2) is 9.07. The number of hydrogen-bond donors (Lipinski definition) is 0. The van der Waals surface area contributed by atoms with Crippen LogP contribution in [0.5, 0.6) is 0 Å². The van der Waals surface area contributed by atoms with Gasteiger partial charge in [0.2, 0.25) is 0 Å². The van der Waals surface area contributed by atoms with Crippen LogP contribution < -0.4 is 0 Å². The Morgan fingerprint density at radius 3 is 1.95 bits per heavy atom. The molecule has 4 nitrogen and oxygen atoms in total. The maximum atomic E-state index is 5.08. The van der Waals surface area contributed by atoms with E-state index in [4.69, 9.17) is 15.0 Å². The van der Waals surface area contributed by atoms with Gasteiger partial charge in [-0.3, -0.25) is 4.98 Å². The quantitative estimate of drug-likeness (QED) is 0.223. The van der Waals surface area contributed by atoms with Gasteiger partial charge in [0.1, 0.15) is 0 Å². The van der Waals surface area contributed by atoms with Gasteiger partial charge in [0.15, 0.2) is 17.5 Å². The van der Waals surface area contributed by atoms with Gasteiger partial charge in [-0.15, -0.1) is 0 Å². The highest BCUT2D eigenvalue weighted by Crippen LogP contribution is 2.38. The van der Waals surface area contributed by atoms with Crippen molar-refractivity contribution in [3.8, 4) is 34.2 Å². The molecule has 0 atom stereocenters. The van der Waals surface area contributed by atoms with E-state index in [0.29, 0.717) is 17.5 Å². The van der Waals surface area contributed by atoms with Crippen molar-refractivity contribution in [1.82, 2.24) is 19.9 Å². The van der Waals surface area contributed by atoms with Crippen molar-refractivity contribution in [2.45, 2.75) is 0 Å². The topological polar surface area (TPSA) is 51.6 Å². The van der Waals surface area contributed by atoms with Gasteiger partial charge in [0.25, 0.3) is 0 Å². The third kappa shape index (κ3) is 3.69. The third-order valence-electron chi connectivity index (χ3n) is 7.56. The highest BCUT2D eigenvalue weighted by Gasteiger charge is 2.17. The summed E-state index contributed by atoms with van der Waals surface area (Å²) in [5, 5.41) is 9.27. The zero-order valence-corrected chi connectivity index (χ0v) is 21.5. The van der Waals surface area contributed by atoms with Crippen LogP contribution in [-0.2, 0) is 0 Å². The zero-order valence-electron chi connectivity index (χ0n) is 21.5. The number of benzene rings is 6. The summed E-state index contributed by atoms with van der Waals surface area (Å²) in [5.74, 6) is 1.92. The Bertz CT molecular complexity index is 2220. The van der Waals surface area contributed by atoms with Gasteiger partial charge in [-0.1, -0.05) is 103 Å². The van der Waals surface area contributed by atoms with E-state index in [1.165, 1.54) is 21.5 Å². The first-order valence-corrected chi connectivity index (χ1v) is 13.3. The fourth-order valence-electron chi connectivity index (χ4n) is 5.62. The SMILES string of the molecule is c1ccc(-c2nc(-c3ccc4ccccc4c3)nc(-c3cc4ccc5ccccc5c4c4ccncc34)n2)cc1. The van der Waals surface area contributed by atoms with Crippen molar-refractivity contribution in [3.05, 3.63) is 134 Å². The Labute approximate surface area is 230 Å². The van der Waals surface area contributed by atoms with Gasteiger partial charge in [-0.05, 0) is 55.9 Å². The maximum absolute atomic E-state index is 5.08. The maximum Gasteiger partial charge on any atom is 0.164 e. The predicted octanol–water partition coefficient (Wildman–Crippen LogP) is 8.88. The molecule has 0 saturated carbocycles. The first-order valence-electron chi connectivity index (χ1n) is 13.3. The third-order valence-corrected chi connectivity index (χ3v) is 7.56.